The maximum Gasteiger partial charge on any atom is 0.309 e. The molecule has 136 valence electrons. The summed E-state index contributed by atoms with van der Waals surface area (Å²) in [5, 5.41) is 9.53. The summed E-state index contributed by atoms with van der Waals surface area (Å²) in [5.41, 5.74) is 0.624. The van der Waals surface area contributed by atoms with Crippen LogP contribution in [0.15, 0.2) is 18.3 Å². The quantitative estimate of drug-likeness (QED) is 0.878. The Morgan fingerprint density at radius 3 is 2.56 bits per heavy atom. The molecule has 1 amide bonds. The van der Waals surface area contributed by atoms with E-state index < -0.39 is 17.4 Å². The van der Waals surface area contributed by atoms with Crippen LogP contribution in [0.2, 0.25) is 0 Å². The van der Waals surface area contributed by atoms with Gasteiger partial charge in [0.2, 0.25) is 5.91 Å². The van der Waals surface area contributed by atoms with Crippen molar-refractivity contribution in [2.24, 2.45) is 5.92 Å². The van der Waals surface area contributed by atoms with Gasteiger partial charge >= 0.3 is 5.97 Å². The molecule has 2 aliphatic heterocycles. The van der Waals surface area contributed by atoms with Crippen molar-refractivity contribution in [2.45, 2.75) is 31.3 Å². The molecule has 1 N–H and O–H groups in total. The highest BCUT2D eigenvalue weighted by Gasteiger charge is 2.55. The summed E-state index contributed by atoms with van der Waals surface area (Å²) in [6, 6.07) is 4.09. The first-order chi connectivity index (χ1) is 11.8. The molecule has 3 heterocycles. The van der Waals surface area contributed by atoms with Crippen molar-refractivity contribution in [3.8, 4) is 0 Å². The number of carbonyl (C=O) groups excluding carboxylic acids is 1. The molecular formula is C18H26N4O3. The van der Waals surface area contributed by atoms with Crippen LogP contribution in [-0.2, 0) is 16.1 Å². The van der Waals surface area contributed by atoms with Crippen molar-refractivity contribution < 1.29 is 14.7 Å². The zero-order valence-corrected chi connectivity index (χ0v) is 15.1. The Kier molecular flexibility index (Phi) is 4.69. The molecule has 1 unspecified atom stereocenters. The molecule has 0 radical (unpaired) electrons. The monoisotopic (exact) mass is 346 g/mol. The molecule has 7 heteroatoms. The van der Waals surface area contributed by atoms with E-state index in [2.05, 4.69) is 16.0 Å². The number of carboxylic acids is 1. The van der Waals surface area contributed by atoms with Gasteiger partial charge in [0.15, 0.2) is 0 Å². The number of aromatic nitrogens is 1. The minimum Gasteiger partial charge on any atom is -0.481 e. The average Bonchev–Trinajstić information content (AvgIpc) is 2.83. The number of likely N-dealkylation sites (tertiary alicyclic amines) is 2. The predicted molar refractivity (Wildman–Crippen MR) is 94.3 cm³/mol. The maximum atomic E-state index is 12.1. The molecule has 25 heavy (non-hydrogen) atoms. The normalized spacial score (nSPS) is 23.2. The molecule has 1 aromatic rings. The van der Waals surface area contributed by atoms with Crippen molar-refractivity contribution in [3.63, 3.8) is 0 Å². The fourth-order valence-corrected chi connectivity index (χ4v) is 4.12. The number of aliphatic carboxylic acids is 1. The highest BCUT2D eigenvalue weighted by molar-refractivity contribution is 5.88. The molecule has 1 spiro atoms. The lowest BCUT2D eigenvalue weighted by molar-refractivity contribution is -0.146. The van der Waals surface area contributed by atoms with E-state index in [1.54, 1.807) is 11.9 Å². The molecular weight excluding hydrogens is 320 g/mol. The van der Waals surface area contributed by atoms with E-state index in [-0.39, 0.29) is 12.3 Å². The fraction of sp³-hybridized carbons (Fsp3) is 0.611. The van der Waals surface area contributed by atoms with Gasteiger partial charge in [-0.25, -0.2) is 4.98 Å². The number of carbonyl (C=O) groups is 2. The number of pyridine rings is 1. The molecule has 1 aromatic heterocycles. The number of amides is 1. The van der Waals surface area contributed by atoms with Crippen LogP contribution in [0, 0.1) is 5.92 Å². The van der Waals surface area contributed by atoms with E-state index in [0.717, 1.165) is 31.0 Å². The molecule has 1 atom stereocenters. The van der Waals surface area contributed by atoms with Crippen LogP contribution in [0.4, 0.5) is 5.82 Å². The largest absolute Gasteiger partial charge is 0.481 e. The highest BCUT2D eigenvalue weighted by Crippen LogP contribution is 2.42. The number of hydrogen-bond acceptors (Lipinski definition) is 5. The Bertz CT molecular complexity index is 651. The lowest BCUT2D eigenvalue weighted by atomic mass is 9.77. The van der Waals surface area contributed by atoms with Crippen LogP contribution >= 0.6 is 0 Å². The van der Waals surface area contributed by atoms with E-state index in [1.807, 2.05) is 31.3 Å². The second-order valence-corrected chi connectivity index (χ2v) is 7.35. The van der Waals surface area contributed by atoms with E-state index in [0.29, 0.717) is 12.8 Å². The zero-order valence-electron chi connectivity index (χ0n) is 15.1. The summed E-state index contributed by atoms with van der Waals surface area (Å²) in [4.78, 5) is 34.1. The van der Waals surface area contributed by atoms with Crippen molar-refractivity contribution in [1.29, 1.82) is 0 Å². The van der Waals surface area contributed by atoms with Crippen LogP contribution in [0.3, 0.4) is 0 Å². The standard InChI is InChI=1S/C18H26N4O3/c1-20(2)15-5-4-13(11-19-15)12-22-8-6-18(7-9-22)14(17(24)25)10-16(23)21(18)3/h4-5,11,14H,6-10,12H2,1-3H3,(H,24,25). The van der Waals surface area contributed by atoms with Crippen LogP contribution < -0.4 is 4.90 Å². The van der Waals surface area contributed by atoms with Gasteiger partial charge in [0, 0.05) is 53.4 Å². The second kappa shape index (κ2) is 6.63. The molecule has 7 nitrogen and oxygen atoms in total. The van der Waals surface area contributed by atoms with Crippen molar-refractivity contribution in [3.05, 3.63) is 23.9 Å². The highest BCUT2D eigenvalue weighted by atomic mass is 16.4. The van der Waals surface area contributed by atoms with Crippen molar-refractivity contribution in [1.82, 2.24) is 14.8 Å². The van der Waals surface area contributed by atoms with E-state index in [9.17, 15) is 14.7 Å². The number of anilines is 1. The van der Waals surface area contributed by atoms with E-state index in [1.165, 1.54) is 0 Å². The molecule has 0 bridgehead atoms. The third kappa shape index (κ3) is 3.20. The van der Waals surface area contributed by atoms with Gasteiger partial charge in [-0.1, -0.05) is 6.07 Å². The third-order valence-electron chi connectivity index (χ3n) is 5.76. The van der Waals surface area contributed by atoms with Gasteiger partial charge in [0.05, 0.1) is 11.5 Å². The SMILES string of the molecule is CN(C)c1ccc(CN2CCC3(CC2)C(C(=O)O)CC(=O)N3C)cn1. The van der Waals surface area contributed by atoms with Crippen molar-refractivity contribution in [2.75, 3.05) is 39.1 Å². The summed E-state index contributed by atoms with van der Waals surface area (Å²) in [5.74, 6) is -0.566. The fourth-order valence-electron chi connectivity index (χ4n) is 4.12. The van der Waals surface area contributed by atoms with E-state index >= 15 is 0 Å². The second-order valence-electron chi connectivity index (χ2n) is 7.35. The van der Waals surface area contributed by atoms with Gasteiger partial charge in [0.1, 0.15) is 5.82 Å². The topological polar surface area (TPSA) is 77.0 Å². The average molecular weight is 346 g/mol. The maximum absolute atomic E-state index is 12.1. The molecule has 0 aromatic carbocycles. The van der Waals surface area contributed by atoms with Crippen LogP contribution in [0.25, 0.3) is 0 Å². The summed E-state index contributed by atoms with van der Waals surface area (Å²) in [6.07, 6.45) is 3.43. The molecule has 3 rings (SSSR count). The van der Waals surface area contributed by atoms with Gasteiger partial charge < -0.3 is 14.9 Å². The van der Waals surface area contributed by atoms with Gasteiger partial charge in [0.25, 0.3) is 0 Å². The lowest BCUT2D eigenvalue weighted by Gasteiger charge is -2.45. The molecule has 0 saturated carbocycles. The lowest BCUT2D eigenvalue weighted by Crippen LogP contribution is -2.55. The number of nitrogens with zero attached hydrogens (tertiary/aromatic N) is 4. The zero-order chi connectivity index (χ0) is 18.2. The summed E-state index contributed by atoms with van der Waals surface area (Å²) < 4.78 is 0. The molecule has 2 saturated heterocycles. The number of hydrogen-bond donors (Lipinski definition) is 1. The smallest absolute Gasteiger partial charge is 0.309 e. The Balaban J connectivity index is 1.65. The first kappa shape index (κ1) is 17.7. The van der Waals surface area contributed by atoms with Gasteiger partial charge in [-0.05, 0) is 24.5 Å². The van der Waals surface area contributed by atoms with Gasteiger partial charge in [-0.3, -0.25) is 14.5 Å². The molecule has 2 fully saturated rings. The van der Waals surface area contributed by atoms with Gasteiger partial charge in [-0.15, -0.1) is 0 Å². The first-order valence-corrected chi connectivity index (χ1v) is 8.67. The summed E-state index contributed by atoms with van der Waals surface area (Å²) in [7, 11) is 5.68. The number of rotatable bonds is 4. The van der Waals surface area contributed by atoms with E-state index in [4.69, 9.17) is 0 Å². The minimum absolute atomic E-state index is 0.0516. The summed E-state index contributed by atoms with van der Waals surface area (Å²) in [6.45, 7) is 2.37. The Hall–Kier alpha value is -2.15. The van der Waals surface area contributed by atoms with Crippen molar-refractivity contribution >= 4 is 17.7 Å². The Morgan fingerprint density at radius 2 is 2.04 bits per heavy atom. The molecule has 0 aliphatic carbocycles. The first-order valence-electron chi connectivity index (χ1n) is 8.67. The number of piperidine rings is 1. The predicted octanol–water partition coefficient (Wildman–Crippen LogP) is 1.05. The van der Waals surface area contributed by atoms with Crippen LogP contribution in [-0.4, -0.2) is 71.5 Å². The van der Waals surface area contributed by atoms with Crippen LogP contribution in [0.1, 0.15) is 24.8 Å². The number of carboxylic acid groups (broad SMARTS) is 1. The Morgan fingerprint density at radius 1 is 1.36 bits per heavy atom. The summed E-state index contributed by atoms with van der Waals surface area (Å²) >= 11 is 0. The minimum atomic E-state index is -0.852. The third-order valence-corrected chi connectivity index (χ3v) is 5.76. The van der Waals surface area contributed by atoms with Gasteiger partial charge in [-0.2, -0.15) is 0 Å². The Labute approximate surface area is 148 Å². The molecule has 2 aliphatic rings. The van der Waals surface area contributed by atoms with Crippen LogP contribution in [0.5, 0.6) is 0 Å².